The highest BCUT2D eigenvalue weighted by Crippen LogP contribution is 2.22. The van der Waals surface area contributed by atoms with Gasteiger partial charge < -0.3 is 10.2 Å². The Morgan fingerprint density at radius 3 is 2.10 bits per heavy atom. The van der Waals surface area contributed by atoms with Crippen LogP contribution in [-0.4, -0.2) is 28.8 Å². The maximum absolute atomic E-state index is 13.2. The van der Waals surface area contributed by atoms with Gasteiger partial charge in [-0.05, 0) is 48.8 Å². The van der Waals surface area contributed by atoms with Gasteiger partial charge in [0.05, 0.1) is 0 Å². The van der Waals surface area contributed by atoms with Gasteiger partial charge in [-0.2, -0.15) is 0 Å². The molecule has 0 spiro atoms. The molecule has 1 N–H and O–H groups in total. The number of hydrogen-bond donors (Lipinski definition) is 1. The molecule has 0 bridgehead atoms. The van der Waals surface area contributed by atoms with E-state index in [9.17, 15) is 9.59 Å². The first-order chi connectivity index (χ1) is 14.6. The van der Waals surface area contributed by atoms with E-state index in [2.05, 4.69) is 50.4 Å². The predicted molar refractivity (Wildman–Crippen MR) is 128 cm³/mol. The second-order valence-corrected chi connectivity index (χ2v) is 9.45. The first-order valence-electron chi connectivity index (χ1n) is 11.3. The van der Waals surface area contributed by atoms with Crippen LogP contribution in [-0.2, 0) is 28.0 Å². The SMILES string of the molecule is CC[C@@H](C)NC(=O)[C@@H](C)N(Cc1ccccc1)C(=O)CCc1ccc(C(C)(C)C)cc1. The Balaban J connectivity index is 2.10. The molecule has 4 heteroatoms. The van der Waals surface area contributed by atoms with Gasteiger partial charge in [0.25, 0.3) is 0 Å². The summed E-state index contributed by atoms with van der Waals surface area (Å²) in [7, 11) is 0. The first kappa shape index (κ1) is 24.6. The van der Waals surface area contributed by atoms with E-state index in [1.165, 1.54) is 5.56 Å². The monoisotopic (exact) mass is 422 g/mol. The number of rotatable bonds is 9. The molecule has 0 saturated heterocycles. The molecule has 0 aliphatic carbocycles. The van der Waals surface area contributed by atoms with Crippen molar-refractivity contribution in [2.45, 2.75) is 84.8 Å². The van der Waals surface area contributed by atoms with Gasteiger partial charge in [-0.25, -0.2) is 0 Å². The molecule has 2 aromatic carbocycles. The third kappa shape index (κ3) is 7.54. The van der Waals surface area contributed by atoms with Crippen LogP contribution >= 0.6 is 0 Å². The van der Waals surface area contributed by atoms with Crippen LogP contribution in [0.4, 0.5) is 0 Å². The summed E-state index contributed by atoms with van der Waals surface area (Å²) >= 11 is 0. The minimum Gasteiger partial charge on any atom is -0.352 e. The molecule has 2 aromatic rings. The molecule has 2 amide bonds. The lowest BCUT2D eigenvalue weighted by molar-refractivity contribution is -0.140. The molecule has 0 heterocycles. The molecule has 0 saturated carbocycles. The van der Waals surface area contributed by atoms with Gasteiger partial charge in [-0.3, -0.25) is 9.59 Å². The van der Waals surface area contributed by atoms with Crippen LogP contribution in [0.2, 0.25) is 0 Å². The van der Waals surface area contributed by atoms with Crippen LogP contribution in [0.15, 0.2) is 54.6 Å². The average Bonchev–Trinajstić information content (AvgIpc) is 2.75. The Morgan fingerprint density at radius 2 is 1.55 bits per heavy atom. The fraction of sp³-hybridized carbons (Fsp3) is 0.481. The quantitative estimate of drug-likeness (QED) is 0.600. The normalized spacial score (nSPS) is 13.4. The summed E-state index contributed by atoms with van der Waals surface area (Å²) in [5.74, 6) is -0.108. The Kier molecular flexibility index (Phi) is 8.85. The molecule has 0 unspecified atom stereocenters. The van der Waals surface area contributed by atoms with Gasteiger partial charge in [-0.1, -0.05) is 82.3 Å². The van der Waals surface area contributed by atoms with Crippen molar-refractivity contribution in [2.75, 3.05) is 0 Å². The van der Waals surface area contributed by atoms with Crippen LogP contribution in [0.5, 0.6) is 0 Å². The number of carbonyl (C=O) groups excluding carboxylic acids is 2. The Labute approximate surface area is 188 Å². The highest BCUT2D eigenvalue weighted by atomic mass is 16.2. The smallest absolute Gasteiger partial charge is 0.242 e. The maximum atomic E-state index is 13.2. The molecule has 4 nitrogen and oxygen atoms in total. The zero-order valence-electron chi connectivity index (χ0n) is 19.9. The van der Waals surface area contributed by atoms with E-state index < -0.39 is 6.04 Å². The van der Waals surface area contributed by atoms with Crippen LogP contribution in [0.25, 0.3) is 0 Å². The number of aryl methyl sites for hydroxylation is 1. The summed E-state index contributed by atoms with van der Waals surface area (Å²) in [6.45, 7) is 12.8. The lowest BCUT2D eigenvalue weighted by Crippen LogP contribution is -2.49. The van der Waals surface area contributed by atoms with E-state index in [1.54, 1.807) is 4.90 Å². The summed E-state index contributed by atoms with van der Waals surface area (Å²) in [5, 5.41) is 3.01. The van der Waals surface area contributed by atoms with Crippen molar-refractivity contribution < 1.29 is 9.59 Å². The standard InChI is InChI=1S/C27H38N2O2/c1-7-20(2)28-26(31)21(3)29(19-23-11-9-8-10-12-23)25(30)18-15-22-13-16-24(17-14-22)27(4,5)6/h8-14,16-17,20-21H,7,15,18-19H2,1-6H3,(H,28,31)/t20-,21-/m1/s1. The second-order valence-electron chi connectivity index (χ2n) is 9.45. The summed E-state index contributed by atoms with van der Waals surface area (Å²) in [4.78, 5) is 27.6. The van der Waals surface area contributed by atoms with E-state index in [0.717, 1.165) is 17.5 Å². The summed E-state index contributed by atoms with van der Waals surface area (Å²) in [6, 6.07) is 17.9. The number of nitrogens with zero attached hydrogens (tertiary/aromatic N) is 1. The predicted octanol–water partition coefficient (Wildman–Crippen LogP) is 5.25. The van der Waals surface area contributed by atoms with Crippen LogP contribution in [0.1, 0.15) is 71.1 Å². The van der Waals surface area contributed by atoms with Crippen LogP contribution in [0, 0.1) is 0 Å². The van der Waals surface area contributed by atoms with Crippen molar-refractivity contribution in [2.24, 2.45) is 0 Å². The Bertz CT molecular complexity index is 838. The molecule has 31 heavy (non-hydrogen) atoms. The highest BCUT2D eigenvalue weighted by Gasteiger charge is 2.26. The van der Waals surface area contributed by atoms with Gasteiger partial charge in [-0.15, -0.1) is 0 Å². The Hall–Kier alpha value is -2.62. The zero-order chi connectivity index (χ0) is 23.0. The number of nitrogens with one attached hydrogen (secondary N) is 1. The lowest BCUT2D eigenvalue weighted by atomic mass is 9.86. The number of hydrogen-bond acceptors (Lipinski definition) is 2. The molecule has 168 valence electrons. The van der Waals surface area contributed by atoms with Gasteiger partial charge in [0.2, 0.25) is 11.8 Å². The minimum absolute atomic E-state index is 0.00412. The topological polar surface area (TPSA) is 49.4 Å². The van der Waals surface area contributed by atoms with E-state index in [4.69, 9.17) is 0 Å². The van der Waals surface area contributed by atoms with Gasteiger partial charge in [0.15, 0.2) is 0 Å². The summed E-state index contributed by atoms with van der Waals surface area (Å²) < 4.78 is 0. The highest BCUT2D eigenvalue weighted by molar-refractivity contribution is 5.87. The Morgan fingerprint density at radius 1 is 0.935 bits per heavy atom. The van der Waals surface area contributed by atoms with Gasteiger partial charge >= 0.3 is 0 Å². The molecule has 0 fully saturated rings. The largest absolute Gasteiger partial charge is 0.352 e. The molecule has 0 aliphatic heterocycles. The number of amides is 2. The first-order valence-corrected chi connectivity index (χ1v) is 11.3. The third-order valence-corrected chi connectivity index (χ3v) is 5.81. The van der Waals surface area contributed by atoms with Gasteiger partial charge in [0, 0.05) is 19.0 Å². The zero-order valence-corrected chi connectivity index (χ0v) is 19.9. The average molecular weight is 423 g/mol. The van der Waals surface area contributed by atoms with E-state index in [1.807, 2.05) is 51.1 Å². The molecule has 0 aromatic heterocycles. The molecule has 2 rings (SSSR count). The fourth-order valence-electron chi connectivity index (χ4n) is 3.39. The van der Waals surface area contributed by atoms with E-state index >= 15 is 0 Å². The molecular weight excluding hydrogens is 384 g/mol. The summed E-state index contributed by atoms with van der Waals surface area (Å²) in [6.07, 6.45) is 1.90. The maximum Gasteiger partial charge on any atom is 0.242 e. The van der Waals surface area contributed by atoms with Crippen molar-refractivity contribution in [1.29, 1.82) is 0 Å². The van der Waals surface area contributed by atoms with Crippen molar-refractivity contribution in [1.82, 2.24) is 10.2 Å². The van der Waals surface area contributed by atoms with Crippen molar-refractivity contribution >= 4 is 11.8 Å². The van der Waals surface area contributed by atoms with Crippen LogP contribution < -0.4 is 5.32 Å². The van der Waals surface area contributed by atoms with Crippen LogP contribution in [0.3, 0.4) is 0 Å². The van der Waals surface area contributed by atoms with Crippen molar-refractivity contribution in [3.8, 4) is 0 Å². The molecule has 0 aliphatic rings. The lowest BCUT2D eigenvalue weighted by Gasteiger charge is -2.30. The van der Waals surface area contributed by atoms with Crippen molar-refractivity contribution in [3.63, 3.8) is 0 Å². The van der Waals surface area contributed by atoms with E-state index in [0.29, 0.717) is 19.4 Å². The van der Waals surface area contributed by atoms with Gasteiger partial charge in [0.1, 0.15) is 6.04 Å². The second kappa shape index (κ2) is 11.1. The minimum atomic E-state index is -0.523. The number of benzene rings is 2. The third-order valence-electron chi connectivity index (χ3n) is 5.81. The molecule has 2 atom stereocenters. The molecule has 0 radical (unpaired) electrons. The number of carbonyl (C=O) groups is 2. The fourth-order valence-corrected chi connectivity index (χ4v) is 3.39. The summed E-state index contributed by atoms with van der Waals surface area (Å²) in [5.41, 5.74) is 3.55. The van der Waals surface area contributed by atoms with Crippen molar-refractivity contribution in [3.05, 3.63) is 71.3 Å². The molecular formula is C27H38N2O2. The van der Waals surface area contributed by atoms with E-state index in [-0.39, 0.29) is 23.3 Å².